The highest BCUT2D eigenvalue weighted by atomic mass is 35.5. The Labute approximate surface area is 143 Å². The minimum Gasteiger partial charge on any atom is -0.360 e. The standard InChI is InChI=1S/C15H15Cl2N3O3/c1-9-7-14(19-23-9)18-15(22)5-6-20(10(2)21)13-8-11(16)3-4-12(13)17/h3-4,7-8H,5-6H2,1-2H3,(H,18,19,22). The Hall–Kier alpha value is -2.05. The lowest BCUT2D eigenvalue weighted by atomic mass is 10.2. The predicted molar refractivity (Wildman–Crippen MR) is 89.0 cm³/mol. The van der Waals surface area contributed by atoms with Crippen LogP contribution in [-0.2, 0) is 9.59 Å². The molecule has 0 saturated heterocycles. The van der Waals surface area contributed by atoms with Crippen molar-refractivity contribution in [1.29, 1.82) is 0 Å². The second-order valence-electron chi connectivity index (χ2n) is 4.89. The highest BCUT2D eigenvalue weighted by Crippen LogP contribution is 2.29. The van der Waals surface area contributed by atoms with Gasteiger partial charge in [0.1, 0.15) is 5.76 Å². The number of rotatable bonds is 5. The summed E-state index contributed by atoms with van der Waals surface area (Å²) in [5, 5.41) is 7.11. The van der Waals surface area contributed by atoms with E-state index in [0.29, 0.717) is 27.3 Å². The van der Waals surface area contributed by atoms with Crippen LogP contribution >= 0.6 is 23.2 Å². The van der Waals surface area contributed by atoms with E-state index in [-0.39, 0.29) is 24.8 Å². The van der Waals surface area contributed by atoms with Crippen LogP contribution in [0, 0.1) is 6.92 Å². The van der Waals surface area contributed by atoms with Gasteiger partial charge in [0, 0.05) is 31.0 Å². The topological polar surface area (TPSA) is 75.4 Å². The minimum atomic E-state index is -0.289. The molecule has 23 heavy (non-hydrogen) atoms. The Morgan fingerprint density at radius 1 is 1.30 bits per heavy atom. The smallest absolute Gasteiger partial charge is 0.227 e. The van der Waals surface area contributed by atoms with Gasteiger partial charge in [0.05, 0.1) is 10.7 Å². The molecule has 2 amide bonds. The molecule has 2 rings (SSSR count). The van der Waals surface area contributed by atoms with Crippen molar-refractivity contribution >= 4 is 46.5 Å². The molecule has 0 radical (unpaired) electrons. The summed E-state index contributed by atoms with van der Waals surface area (Å²) in [5.41, 5.74) is 0.469. The summed E-state index contributed by atoms with van der Waals surface area (Å²) in [4.78, 5) is 25.2. The second-order valence-corrected chi connectivity index (χ2v) is 5.73. The van der Waals surface area contributed by atoms with E-state index in [9.17, 15) is 9.59 Å². The van der Waals surface area contributed by atoms with E-state index in [1.165, 1.54) is 11.8 Å². The molecule has 0 bridgehead atoms. The largest absolute Gasteiger partial charge is 0.360 e. The first-order chi connectivity index (χ1) is 10.9. The van der Waals surface area contributed by atoms with Crippen molar-refractivity contribution in [2.75, 3.05) is 16.8 Å². The molecule has 1 aromatic heterocycles. The van der Waals surface area contributed by atoms with Crippen LogP contribution in [0.3, 0.4) is 0 Å². The molecule has 1 aromatic carbocycles. The first-order valence-corrected chi connectivity index (χ1v) is 7.58. The number of nitrogens with zero attached hydrogens (tertiary/aromatic N) is 2. The Morgan fingerprint density at radius 3 is 2.65 bits per heavy atom. The number of hydrogen-bond acceptors (Lipinski definition) is 4. The molecule has 0 spiro atoms. The van der Waals surface area contributed by atoms with Gasteiger partial charge in [-0.1, -0.05) is 28.4 Å². The number of carbonyl (C=O) groups excluding carboxylic acids is 2. The van der Waals surface area contributed by atoms with Crippen molar-refractivity contribution in [2.45, 2.75) is 20.3 Å². The number of aryl methyl sites for hydroxylation is 1. The predicted octanol–water partition coefficient (Wildman–Crippen LogP) is 3.67. The molecule has 0 saturated carbocycles. The maximum absolute atomic E-state index is 11.9. The maximum atomic E-state index is 11.9. The summed E-state index contributed by atoms with van der Waals surface area (Å²) in [6.07, 6.45) is 0.0777. The molecule has 122 valence electrons. The number of hydrogen-bond donors (Lipinski definition) is 1. The summed E-state index contributed by atoms with van der Waals surface area (Å²) in [6, 6.07) is 6.43. The second kappa shape index (κ2) is 7.48. The zero-order valence-electron chi connectivity index (χ0n) is 12.6. The van der Waals surface area contributed by atoms with Crippen molar-refractivity contribution < 1.29 is 14.1 Å². The SMILES string of the molecule is CC(=O)N(CCC(=O)Nc1cc(C)on1)c1cc(Cl)ccc1Cl. The molecule has 1 heterocycles. The number of benzene rings is 1. The van der Waals surface area contributed by atoms with Gasteiger partial charge >= 0.3 is 0 Å². The lowest BCUT2D eigenvalue weighted by molar-refractivity contribution is -0.117. The Kier molecular flexibility index (Phi) is 5.63. The van der Waals surface area contributed by atoms with Crippen molar-refractivity contribution in [3.8, 4) is 0 Å². The van der Waals surface area contributed by atoms with Gasteiger partial charge in [-0.05, 0) is 25.1 Å². The van der Waals surface area contributed by atoms with Crippen LogP contribution in [0.1, 0.15) is 19.1 Å². The van der Waals surface area contributed by atoms with Gasteiger partial charge in [-0.25, -0.2) is 0 Å². The van der Waals surface area contributed by atoms with Crippen LogP contribution in [0.15, 0.2) is 28.8 Å². The molecular weight excluding hydrogens is 341 g/mol. The molecule has 0 aliphatic carbocycles. The van der Waals surface area contributed by atoms with Crippen molar-refractivity contribution in [3.63, 3.8) is 0 Å². The third-order valence-corrected chi connectivity index (χ3v) is 3.59. The molecule has 6 nitrogen and oxygen atoms in total. The fourth-order valence-electron chi connectivity index (χ4n) is 1.98. The number of anilines is 2. The fraction of sp³-hybridized carbons (Fsp3) is 0.267. The van der Waals surface area contributed by atoms with Crippen LogP contribution in [0.2, 0.25) is 10.0 Å². The fourth-order valence-corrected chi connectivity index (χ4v) is 2.37. The van der Waals surface area contributed by atoms with E-state index < -0.39 is 0 Å². The van der Waals surface area contributed by atoms with Gasteiger partial charge in [-0.15, -0.1) is 0 Å². The quantitative estimate of drug-likeness (QED) is 0.887. The van der Waals surface area contributed by atoms with Gasteiger partial charge in [0.25, 0.3) is 0 Å². The van der Waals surface area contributed by atoms with E-state index in [2.05, 4.69) is 10.5 Å². The van der Waals surface area contributed by atoms with Gasteiger partial charge < -0.3 is 14.7 Å². The Morgan fingerprint density at radius 2 is 2.04 bits per heavy atom. The number of nitrogens with one attached hydrogen (secondary N) is 1. The third-order valence-electron chi connectivity index (χ3n) is 3.04. The summed E-state index contributed by atoms with van der Waals surface area (Å²) < 4.78 is 4.87. The number of halogens is 2. The minimum absolute atomic E-state index is 0.0777. The van der Waals surface area contributed by atoms with Gasteiger partial charge in [0.2, 0.25) is 11.8 Å². The van der Waals surface area contributed by atoms with Gasteiger partial charge in [-0.3, -0.25) is 9.59 Å². The van der Waals surface area contributed by atoms with Crippen LogP contribution in [0.5, 0.6) is 0 Å². The van der Waals surface area contributed by atoms with Crippen molar-refractivity contribution in [3.05, 3.63) is 40.1 Å². The van der Waals surface area contributed by atoms with Crippen molar-refractivity contribution in [2.24, 2.45) is 0 Å². The molecule has 8 heteroatoms. The Bertz CT molecular complexity index is 731. The van der Waals surface area contributed by atoms with Gasteiger partial charge in [0.15, 0.2) is 5.82 Å². The third kappa shape index (κ3) is 4.71. The molecule has 0 atom stereocenters. The first kappa shape index (κ1) is 17.3. The van der Waals surface area contributed by atoms with Gasteiger partial charge in [-0.2, -0.15) is 0 Å². The number of amides is 2. The lowest BCUT2D eigenvalue weighted by Gasteiger charge is -2.22. The van der Waals surface area contributed by atoms with Crippen LogP contribution in [0.4, 0.5) is 11.5 Å². The average Bonchev–Trinajstić information content (AvgIpc) is 2.87. The van der Waals surface area contributed by atoms with E-state index in [4.69, 9.17) is 27.7 Å². The first-order valence-electron chi connectivity index (χ1n) is 6.83. The summed E-state index contributed by atoms with van der Waals surface area (Å²) in [5.74, 6) is 0.404. The number of carbonyl (C=O) groups is 2. The molecular formula is C15H15Cl2N3O3. The molecule has 0 unspecified atom stereocenters. The number of aromatic nitrogens is 1. The molecule has 2 aromatic rings. The van der Waals surface area contributed by atoms with E-state index in [0.717, 1.165) is 0 Å². The maximum Gasteiger partial charge on any atom is 0.227 e. The average molecular weight is 356 g/mol. The molecule has 1 N–H and O–H groups in total. The Balaban J connectivity index is 2.04. The zero-order chi connectivity index (χ0) is 17.0. The van der Waals surface area contributed by atoms with Crippen LogP contribution < -0.4 is 10.2 Å². The van der Waals surface area contributed by atoms with E-state index in [1.807, 2.05) is 0 Å². The molecule has 0 aliphatic rings. The molecule has 0 fully saturated rings. The van der Waals surface area contributed by atoms with E-state index in [1.54, 1.807) is 31.2 Å². The van der Waals surface area contributed by atoms with Crippen LogP contribution in [-0.4, -0.2) is 23.5 Å². The van der Waals surface area contributed by atoms with Crippen LogP contribution in [0.25, 0.3) is 0 Å². The summed E-state index contributed by atoms with van der Waals surface area (Å²) in [7, 11) is 0. The summed E-state index contributed by atoms with van der Waals surface area (Å²) in [6.45, 7) is 3.29. The zero-order valence-corrected chi connectivity index (χ0v) is 14.1. The normalized spacial score (nSPS) is 10.4. The highest BCUT2D eigenvalue weighted by molar-refractivity contribution is 6.35. The molecule has 0 aliphatic heterocycles. The van der Waals surface area contributed by atoms with Crippen molar-refractivity contribution in [1.82, 2.24) is 5.16 Å². The summed E-state index contributed by atoms with van der Waals surface area (Å²) >= 11 is 12.1. The lowest BCUT2D eigenvalue weighted by Crippen LogP contribution is -2.32. The van der Waals surface area contributed by atoms with E-state index >= 15 is 0 Å². The highest BCUT2D eigenvalue weighted by Gasteiger charge is 2.17. The monoisotopic (exact) mass is 355 g/mol.